The number of dihydropyridines is 1. The molecule has 2 N–H and O–H groups in total. The minimum Gasteiger partial charge on any atom is -0.374 e. The molecule has 1 aromatic heterocycles. The second-order valence-corrected chi connectivity index (χ2v) is 8.18. The Balaban J connectivity index is 1.46. The Hall–Kier alpha value is -2.62. The van der Waals surface area contributed by atoms with Crippen LogP contribution in [0.25, 0.3) is 6.08 Å². The fourth-order valence-electron chi connectivity index (χ4n) is 5.31. The SMILES string of the molecule is C1=Cc2cc(C3NC4=C(C5=C3CCCC5)C3C=NNC3C=C4)cnc2CC1. The Bertz CT molecular complexity index is 963. The van der Waals surface area contributed by atoms with Crippen molar-refractivity contribution in [2.75, 3.05) is 0 Å². The number of fused-ring (bicyclic) bond motifs is 4. The molecule has 0 saturated heterocycles. The van der Waals surface area contributed by atoms with Gasteiger partial charge in [0.15, 0.2) is 0 Å². The molecule has 0 bridgehead atoms. The van der Waals surface area contributed by atoms with Gasteiger partial charge in [-0.15, -0.1) is 0 Å². The monoisotopic (exact) mass is 356 g/mol. The molecule has 0 aromatic carbocycles. The van der Waals surface area contributed by atoms with Gasteiger partial charge in [0.25, 0.3) is 0 Å². The topological polar surface area (TPSA) is 49.3 Å². The standard InChI is InChI=1S/C23H24N4/c1-4-8-19-14(5-1)11-15(12-24-19)23-17-7-3-2-6-16(17)22-18-13-25-27-20(18)9-10-21(22)26-23/h1,5,9-13,18,20,23,26-27H,2-4,6-8H2. The van der Waals surface area contributed by atoms with Crippen LogP contribution in [0, 0.1) is 5.92 Å². The molecule has 5 aliphatic rings. The van der Waals surface area contributed by atoms with Crippen LogP contribution in [0.2, 0.25) is 0 Å². The predicted octanol–water partition coefficient (Wildman–Crippen LogP) is 3.95. The van der Waals surface area contributed by atoms with Gasteiger partial charge in [-0.2, -0.15) is 5.10 Å². The highest BCUT2D eigenvalue weighted by molar-refractivity contribution is 5.74. The maximum atomic E-state index is 4.81. The lowest BCUT2D eigenvalue weighted by Gasteiger charge is -2.40. The fourth-order valence-corrected chi connectivity index (χ4v) is 5.31. The largest absolute Gasteiger partial charge is 0.374 e. The van der Waals surface area contributed by atoms with Gasteiger partial charge in [-0.3, -0.25) is 4.98 Å². The number of aryl methyl sites for hydroxylation is 1. The van der Waals surface area contributed by atoms with Crippen LogP contribution in [0.3, 0.4) is 0 Å². The summed E-state index contributed by atoms with van der Waals surface area (Å²) < 4.78 is 0. The van der Waals surface area contributed by atoms with Gasteiger partial charge in [0, 0.05) is 29.7 Å². The molecule has 4 heteroatoms. The molecule has 0 fully saturated rings. The normalized spacial score (nSPS) is 30.3. The molecule has 3 unspecified atom stereocenters. The van der Waals surface area contributed by atoms with E-state index in [9.17, 15) is 0 Å². The summed E-state index contributed by atoms with van der Waals surface area (Å²) >= 11 is 0. The van der Waals surface area contributed by atoms with Crippen molar-refractivity contribution in [1.29, 1.82) is 0 Å². The van der Waals surface area contributed by atoms with Crippen molar-refractivity contribution < 1.29 is 0 Å². The fraction of sp³-hybridized carbons (Fsp3) is 0.391. The molecule has 1 aromatic rings. The van der Waals surface area contributed by atoms with Crippen LogP contribution in [0.5, 0.6) is 0 Å². The second kappa shape index (κ2) is 5.95. The van der Waals surface area contributed by atoms with E-state index < -0.39 is 0 Å². The van der Waals surface area contributed by atoms with Gasteiger partial charge in [0.05, 0.1) is 12.1 Å². The van der Waals surface area contributed by atoms with Gasteiger partial charge in [0.2, 0.25) is 0 Å². The maximum absolute atomic E-state index is 4.81. The van der Waals surface area contributed by atoms with Crippen molar-refractivity contribution >= 4 is 12.3 Å². The van der Waals surface area contributed by atoms with E-state index in [-0.39, 0.29) is 6.04 Å². The van der Waals surface area contributed by atoms with Crippen LogP contribution in [-0.2, 0) is 6.42 Å². The van der Waals surface area contributed by atoms with Crippen LogP contribution in [0.4, 0.5) is 0 Å². The molecule has 0 saturated carbocycles. The molecule has 3 heterocycles. The minimum absolute atomic E-state index is 0.250. The lowest BCUT2D eigenvalue weighted by molar-refractivity contribution is 0.523. The zero-order chi connectivity index (χ0) is 17.8. The highest BCUT2D eigenvalue weighted by atomic mass is 15.3. The molecule has 3 atom stereocenters. The summed E-state index contributed by atoms with van der Waals surface area (Å²) in [6.45, 7) is 0. The Morgan fingerprint density at radius 2 is 2.04 bits per heavy atom. The quantitative estimate of drug-likeness (QED) is 0.801. The van der Waals surface area contributed by atoms with Crippen LogP contribution < -0.4 is 10.7 Å². The Morgan fingerprint density at radius 3 is 3.04 bits per heavy atom. The molecule has 136 valence electrons. The molecule has 0 radical (unpaired) electrons. The Morgan fingerprint density at radius 1 is 1.07 bits per heavy atom. The van der Waals surface area contributed by atoms with E-state index in [1.165, 1.54) is 53.8 Å². The summed E-state index contributed by atoms with van der Waals surface area (Å²) in [7, 11) is 0. The minimum atomic E-state index is 0.250. The number of nitrogens with one attached hydrogen (secondary N) is 2. The first-order chi connectivity index (χ1) is 13.4. The number of aromatic nitrogens is 1. The van der Waals surface area contributed by atoms with Gasteiger partial charge in [-0.25, -0.2) is 0 Å². The van der Waals surface area contributed by atoms with Crippen LogP contribution in [0.1, 0.15) is 55.0 Å². The summed E-state index contributed by atoms with van der Waals surface area (Å²) in [5.41, 5.74) is 13.0. The molecule has 0 spiro atoms. The Kier molecular flexibility index (Phi) is 3.40. The summed E-state index contributed by atoms with van der Waals surface area (Å²) in [5.74, 6) is 0.367. The first kappa shape index (κ1) is 15.4. The van der Waals surface area contributed by atoms with E-state index in [0.717, 1.165) is 12.8 Å². The molecule has 6 rings (SSSR count). The molecule has 0 amide bonds. The first-order valence-electron chi connectivity index (χ1n) is 10.2. The van der Waals surface area contributed by atoms with E-state index in [1.54, 1.807) is 11.1 Å². The molecular weight excluding hydrogens is 332 g/mol. The van der Waals surface area contributed by atoms with Crippen LogP contribution in [-0.4, -0.2) is 17.2 Å². The van der Waals surface area contributed by atoms with Crippen LogP contribution in [0.15, 0.2) is 58.0 Å². The molecule has 3 aliphatic carbocycles. The number of hydrazone groups is 1. The summed E-state index contributed by atoms with van der Waals surface area (Å²) in [6, 6.07) is 2.92. The average molecular weight is 356 g/mol. The lowest BCUT2D eigenvalue weighted by Crippen LogP contribution is -2.38. The number of hydrogen-bond acceptors (Lipinski definition) is 4. The van der Waals surface area contributed by atoms with Gasteiger partial charge < -0.3 is 10.7 Å². The molecule has 2 aliphatic heterocycles. The number of rotatable bonds is 1. The number of pyridine rings is 1. The zero-order valence-electron chi connectivity index (χ0n) is 15.4. The third-order valence-electron chi connectivity index (χ3n) is 6.63. The lowest BCUT2D eigenvalue weighted by atomic mass is 9.72. The van der Waals surface area contributed by atoms with E-state index in [2.05, 4.69) is 58.6 Å². The van der Waals surface area contributed by atoms with Crippen molar-refractivity contribution in [2.24, 2.45) is 11.0 Å². The van der Waals surface area contributed by atoms with Gasteiger partial charge >= 0.3 is 0 Å². The molecule has 4 nitrogen and oxygen atoms in total. The van der Waals surface area contributed by atoms with E-state index >= 15 is 0 Å². The smallest absolute Gasteiger partial charge is 0.0748 e. The van der Waals surface area contributed by atoms with Crippen molar-refractivity contribution in [2.45, 2.75) is 50.6 Å². The van der Waals surface area contributed by atoms with Gasteiger partial charge in [0.1, 0.15) is 0 Å². The zero-order valence-corrected chi connectivity index (χ0v) is 15.4. The van der Waals surface area contributed by atoms with Crippen molar-refractivity contribution in [3.05, 3.63) is 69.7 Å². The number of nitrogens with zero attached hydrogens (tertiary/aromatic N) is 2. The van der Waals surface area contributed by atoms with E-state index in [4.69, 9.17) is 4.98 Å². The summed E-state index contributed by atoms with van der Waals surface area (Å²) in [6.07, 6.45) is 20.3. The van der Waals surface area contributed by atoms with Crippen LogP contribution >= 0.6 is 0 Å². The third-order valence-corrected chi connectivity index (χ3v) is 6.63. The molecule has 27 heavy (non-hydrogen) atoms. The van der Waals surface area contributed by atoms with E-state index in [0.29, 0.717) is 12.0 Å². The highest BCUT2D eigenvalue weighted by Gasteiger charge is 2.38. The van der Waals surface area contributed by atoms with E-state index in [1.807, 2.05) is 0 Å². The van der Waals surface area contributed by atoms with Crippen molar-refractivity contribution in [3.63, 3.8) is 0 Å². The summed E-state index contributed by atoms with van der Waals surface area (Å²) in [5, 5.41) is 8.23. The highest BCUT2D eigenvalue weighted by Crippen LogP contribution is 2.46. The molecular formula is C23H24N4. The number of hydrogen-bond donors (Lipinski definition) is 2. The predicted molar refractivity (Wildman–Crippen MR) is 108 cm³/mol. The average Bonchev–Trinajstić information content (AvgIpc) is 3.21. The first-order valence-corrected chi connectivity index (χ1v) is 10.2. The van der Waals surface area contributed by atoms with Crippen molar-refractivity contribution in [3.8, 4) is 0 Å². The summed E-state index contributed by atoms with van der Waals surface area (Å²) in [4.78, 5) is 4.81. The maximum Gasteiger partial charge on any atom is 0.0748 e. The second-order valence-electron chi connectivity index (χ2n) is 8.18. The van der Waals surface area contributed by atoms with Gasteiger partial charge in [-0.1, -0.05) is 18.2 Å². The van der Waals surface area contributed by atoms with Crippen molar-refractivity contribution in [1.82, 2.24) is 15.7 Å². The van der Waals surface area contributed by atoms with Gasteiger partial charge in [-0.05, 0) is 78.5 Å². The number of allylic oxidation sites excluding steroid dienone is 3. The Labute approximate surface area is 159 Å². The third kappa shape index (κ3) is 2.35.